The minimum atomic E-state index is -1.03. The highest BCUT2D eigenvalue weighted by Gasteiger charge is 2.36. The molecule has 22 heavy (non-hydrogen) atoms. The van der Waals surface area contributed by atoms with E-state index >= 15 is 0 Å². The van der Waals surface area contributed by atoms with Gasteiger partial charge in [-0.15, -0.1) is 0 Å². The molecule has 1 aliphatic rings. The second-order valence-corrected chi connectivity index (χ2v) is 5.46. The number of carboxylic acid groups (broad SMARTS) is 1. The van der Waals surface area contributed by atoms with Crippen LogP contribution in [0.4, 0.5) is 0 Å². The first-order valence-corrected chi connectivity index (χ1v) is 7.41. The topological polar surface area (TPSA) is 95.5 Å². The SMILES string of the molecule is [2H]CC(=O)N[C@@H](CS)C(=O)[C@H]1NC(C(=O)O)Cc2ccccc21. The summed E-state index contributed by atoms with van der Waals surface area (Å²) in [5.41, 5.74) is 1.50. The van der Waals surface area contributed by atoms with Crippen molar-refractivity contribution in [3.05, 3.63) is 35.4 Å². The predicted molar refractivity (Wildman–Crippen MR) is 83.9 cm³/mol. The molecule has 0 radical (unpaired) electrons. The first kappa shape index (κ1) is 15.1. The van der Waals surface area contributed by atoms with E-state index in [9.17, 15) is 19.5 Å². The fourth-order valence-corrected chi connectivity index (χ4v) is 2.84. The van der Waals surface area contributed by atoms with Crippen LogP contribution in [0.2, 0.25) is 0 Å². The second-order valence-electron chi connectivity index (χ2n) is 5.10. The fraction of sp³-hybridized carbons (Fsp3) is 0.400. The lowest BCUT2D eigenvalue weighted by Crippen LogP contribution is -2.52. The van der Waals surface area contributed by atoms with Crippen LogP contribution in [0, 0.1) is 0 Å². The zero-order valence-electron chi connectivity index (χ0n) is 12.8. The van der Waals surface area contributed by atoms with Gasteiger partial charge in [0.25, 0.3) is 0 Å². The van der Waals surface area contributed by atoms with Gasteiger partial charge in [0.1, 0.15) is 6.04 Å². The molecule has 3 atom stereocenters. The number of nitrogens with one attached hydrogen (secondary N) is 2. The summed E-state index contributed by atoms with van der Waals surface area (Å²) in [4.78, 5) is 35.4. The van der Waals surface area contributed by atoms with Crippen molar-refractivity contribution >= 4 is 30.3 Å². The van der Waals surface area contributed by atoms with Crippen LogP contribution in [0.1, 0.15) is 25.4 Å². The van der Waals surface area contributed by atoms with Crippen molar-refractivity contribution in [2.24, 2.45) is 0 Å². The lowest BCUT2D eigenvalue weighted by Gasteiger charge is -2.32. The molecule has 7 heteroatoms. The Kier molecular flexibility index (Phi) is 4.74. The van der Waals surface area contributed by atoms with E-state index in [2.05, 4.69) is 23.3 Å². The highest BCUT2D eigenvalue weighted by molar-refractivity contribution is 7.80. The molecule has 2 rings (SSSR count). The third-order valence-electron chi connectivity index (χ3n) is 3.60. The number of thiol groups is 1. The highest BCUT2D eigenvalue weighted by atomic mass is 32.1. The number of ketones is 1. The van der Waals surface area contributed by atoms with E-state index in [1.165, 1.54) is 0 Å². The van der Waals surface area contributed by atoms with Crippen LogP contribution in [-0.2, 0) is 20.8 Å². The van der Waals surface area contributed by atoms with Crippen molar-refractivity contribution in [1.29, 1.82) is 0 Å². The van der Waals surface area contributed by atoms with Crippen molar-refractivity contribution in [3.8, 4) is 0 Å². The number of benzene rings is 1. The molecule has 1 heterocycles. The van der Waals surface area contributed by atoms with Crippen molar-refractivity contribution in [1.82, 2.24) is 10.6 Å². The molecule has 1 aromatic rings. The number of hydrogen-bond donors (Lipinski definition) is 4. The maximum atomic E-state index is 12.7. The van der Waals surface area contributed by atoms with E-state index in [-0.39, 0.29) is 11.5 Å². The van der Waals surface area contributed by atoms with Gasteiger partial charge in [0, 0.05) is 14.0 Å². The maximum absolute atomic E-state index is 12.7. The van der Waals surface area contributed by atoms with Crippen LogP contribution >= 0.6 is 12.6 Å². The van der Waals surface area contributed by atoms with Gasteiger partial charge in [0.05, 0.1) is 12.1 Å². The lowest BCUT2D eigenvalue weighted by molar-refractivity contribution is -0.140. The summed E-state index contributed by atoms with van der Waals surface area (Å²) in [6, 6.07) is 4.56. The van der Waals surface area contributed by atoms with Gasteiger partial charge in [-0.3, -0.25) is 19.7 Å². The monoisotopic (exact) mass is 323 g/mol. The first-order chi connectivity index (χ1) is 11.0. The van der Waals surface area contributed by atoms with Crippen LogP contribution in [0.5, 0.6) is 0 Å². The van der Waals surface area contributed by atoms with Crippen LogP contribution in [0.25, 0.3) is 0 Å². The molecule has 1 aliphatic heterocycles. The molecule has 0 saturated carbocycles. The average Bonchev–Trinajstić information content (AvgIpc) is 2.57. The van der Waals surface area contributed by atoms with Crippen molar-refractivity contribution < 1.29 is 20.9 Å². The van der Waals surface area contributed by atoms with Crippen molar-refractivity contribution in [2.45, 2.75) is 31.4 Å². The summed E-state index contributed by atoms with van der Waals surface area (Å²) in [6.45, 7) is -0.482. The Morgan fingerprint density at radius 1 is 1.50 bits per heavy atom. The van der Waals surface area contributed by atoms with Crippen LogP contribution in [-0.4, -0.2) is 40.6 Å². The van der Waals surface area contributed by atoms with E-state index in [0.29, 0.717) is 12.0 Å². The van der Waals surface area contributed by atoms with Gasteiger partial charge in [0.2, 0.25) is 5.91 Å². The van der Waals surface area contributed by atoms with Crippen LogP contribution in [0.3, 0.4) is 0 Å². The van der Waals surface area contributed by atoms with Gasteiger partial charge in [-0.1, -0.05) is 24.3 Å². The minimum Gasteiger partial charge on any atom is -0.480 e. The van der Waals surface area contributed by atoms with E-state index in [1.807, 2.05) is 0 Å². The Morgan fingerprint density at radius 3 is 2.86 bits per heavy atom. The number of hydrogen-bond acceptors (Lipinski definition) is 5. The van der Waals surface area contributed by atoms with E-state index in [4.69, 9.17) is 1.37 Å². The number of fused-ring (bicyclic) bond motifs is 1. The molecule has 1 aromatic carbocycles. The van der Waals surface area contributed by atoms with Crippen molar-refractivity contribution in [2.75, 3.05) is 5.75 Å². The third kappa shape index (κ3) is 3.48. The maximum Gasteiger partial charge on any atom is 0.321 e. The predicted octanol–water partition coefficient (Wildman–Crippen LogP) is 0.330. The molecular formula is C15H18N2O4S. The van der Waals surface area contributed by atoms with Gasteiger partial charge in [-0.25, -0.2) is 0 Å². The van der Waals surface area contributed by atoms with Gasteiger partial charge in [-0.05, 0) is 17.5 Å². The standard InChI is InChI=1S/C15H18N2O4S/c1-8(18)16-12(7-22)14(19)13-10-5-3-2-4-9(10)6-11(17-13)15(20)21/h2-5,11-13,17,22H,6-7H2,1H3,(H,16,18)(H,20,21)/t11?,12-,13-/m0/s1/i1D. The quantitative estimate of drug-likeness (QED) is 0.586. The van der Waals surface area contributed by atoms with Crippen LogP contribution in [0.15, 0.2) is 24.3 Å². The molecule has 6 nitrogen and oxygen atoms in total. The molecule has 118 valence electrons. The van der Waals surface area contributed by atoms with Crippen LogP contribution < -0.4 is 10.6 Å². The Labute approximate surface area is 135 Å². The second kappa shape index (κ2) is 6.93. The molecule has 0 aliphatic carbocycles. The van der Waals surface area contributed by atoms with Gasteiger partial charge in [0.15, 0.2) is 5.78 Å². The largest absolute Gasteiger partial charge is 0.480 e. The summed E-state index contributed by atoms with van der Waals surface area (Å²) < 4.78 is 7.03. The number of carboxylic acids is 1. The number of amides is 1. The summed E-state index contributed by atoms with van der Waals surface area (Å²) in [5.74, 6) is -1.89. The summed E-state index contributed by atoms with van der Waals surface area (Å²) in [5, 5.41) is 14.5. The van der Waals surface area contributed by atoms with E-state index < -0.39 is 36.9 Å². The third-order valence-corrected chi connectivity index (χ3v) is 3.97. The van der Waals surface area contributed by atoms with E-state index in [0.717, 1.165) is 5.56 Å². The Balaban J connectivity index is 2.30. The summed E-state index contributed by atoms with van der Waals surface area (Å²) in [6.07, 6.45) is 0.292. The Bertz CT molecular complexity index is 625. The summed E-state index contributed by atoms with van der Waals surface area (Å²) >= 11 is 4.08. The fourth-order valence-electron chi connectivity index (χ4n) is 2.57. The molecule has 3 N–H and O–H groups in total. The Hall–Kier alpha value is -1.86. The number of carbonyl (C=O) groups excluding carboxylic acids is 2. The van der Waals surface area contributed by atoms with E-state index in [1.54, 1.807) is 24.3 Å². The first-order valence-electron chi connectivity index (χ1n) is 7.48. The lowest BCUT2D eigenvalue weighted by atomic mass is 9.86. The molecule has 0 bridgehead atoms. The number of carbonyl (C=O) groups is 3. The minimum absolute atomic E-state index is 0.0721. The number of rotatable bonds is 5. The highest BCUT2D eigenvalue weighted by Crippen LogP contribution is 2.27. The van der Waals surface area contributed by atoms with Crippen molar-refractivity contribution in [3.63, 3.8) is 0 Å². The number of Topliss-reactive ketones (excluding diaryl/α,β-unsaturated/α-hetero) is 1. The zero-order valence-corrected chi connectivity index (χ0v) is 12.7. The Morgan fingerprint density at radius 2 is 2.23 bits per heavy atom. The summed E-state index contributed by atoms with van der Waals surface area (Å²) in [7, 11) is 0. The molecule has 0 aromatic heterocycles. The molecule has 1 unspecified atom stereocenters. The average molecular weight is 323 g/mol. The normalized spacial score (nSPS) is 22.1. The molecular weight excluding hydrogens is 304 g/mol. The zero-order chi connectivity index (χ0) is 17.0. The molecule has 0 spiro atoms. The smallest absolute Gasteiger partial charge is 0.321 e. The van der Waals surface area contributed by atoms with Gasteiger partial charge < -0.3 is 10.4 Å². The number of aliphatic carboxylic acids is 1. The molecule has 0 fully saturated rings. The van der Waals surface area contributed by atoms with Gasteiger partial charge >= 0.3 is 5.97 Å². The molecule has 1 amide bonds. The van der Waals surface area contributed by atoms with Gasteiger partial charge in [-0.2, -0.15) is 12.6 Å². The molecule has 0 saturated heterocycles.